The molecule has 0 aliphatic carbocycles. The highest BCUT2D eigenvalue weighted by atomic mass is 32.2. The molecule has 0 bridgehead atoms. The van der Waals surface area contributed by atoms with Gasteiger partial charge >= 0.3 is 10.3 Å². The van der Waals surface area contributed by atoms with E-state index in [9.17, 15) is 13.0 Å². The summed E-state index contributed by atoms with van der Waals surface area (Å²) in [5.74, 6) is 0.0538. The first-order valence-electron chi connectivity index (χ1n) is 6.83. The summed E-state index contributed by atoms with van der Waals surface area (Å²) < 4.78 is 38.9. The first kappa shape index (κ1) is 15.6. The zero-order chi connectivity index (χ0) is 16.3. The molecular weight excluding hydrogens is 322 g/mol. The molecule has 2 aromatic rings. The predicted molar refractivity (Wildman–Crippen MR) is 81.8 cm³/mol. The summed E-state index contributed by atoms with van der Waals surface area (Å²) >= 11 is 0. The van der Waals surface area contributed by atoms with Gasteiger partial charge in [0.25, 0.3) is 5.95 Å². The SMILES string of the molecule is O=S(=O)(O)N(c1ccccc1)c1n[c]nc(N2CCOCC2)n1. The van der Waals surface area contributed by atoms with Gasteiger partial charge in [-0.05, 0) is 12.1 Å². The molecule has 1 saturated heterocycles. The molecule has 1 aromatic heterocycles. The molecule has 0 saturated carbocycles. The molecule has 1 aromatic carbocycles. The van der Waals surface area contributed by atoms with Crippen molar-refractivity contribution < 1.29 is 17.7 Å². The largest absolute Gasteiger partial charge is 0.378 e. The van der Waals surface area contributed by atoms with Crippen molar-refractivity contribution in [3.05, 3.63) is 36.7 Å². The molecule has 1 fully saturated rings. The average Bonchev–Trinajstić information content (AvgIpc) is 2.56. The van der Waals surface area contributed by atoms with Crippen LogP contribution in [0.5, 0.6) is 0 Å². The number of anilines is 3. The monoisotopic (exact) mass is 336 g/mol. The number of aromatic nitrogens is 3. The van der Waals surface area contributed by atoms with Gasteiger partial charge in [-0.3, -0.25) is 4.55 Å². The third kappa shape index (κ3) is 3.55. The normalized spacial score (nSPS) is 15.4. The van der Waals surface area contributed by atoms with Crippen molar-refractivity contribution in [3.63, 3.8) is 0 Å². The van der Waals surface area contributed by atoms with Crippen molar-refractivity contribution in [1.82, 2.24) is 15.0 Å². The van der Waals surface area contributed by atoms with Crippen LogP contribution in [0.3, 0.4) is 0 Å². The van der Waals surface area contributed by atoms with E-state index in [0.29, 0.717) is 30.6 Å². The number of nitrogens with zero attached hydrogens (tertiary/aromatic N) is 5. The van der Waals surface area contributed by atoms with Gasteiger partial charge in [0.15, 0.2) is 0 Å². The van der Waals surface area contributed by atoms with Gasteiger partial charge in [0.05, 0.1) is 18.9 Å². The van der Waals surface area contributed by atoms with E-state index in [4.69, 9.17) is 4.74 Å². The van der Waals surface area contributed by atoms with E-state index in [1.165, 1.54) is 12.1 Å². The predicted octanol–water partition coefficient (Wildman–Crippen LogP) is 0.449. The Balaban J connectivity index is 2.00. The Bertz CT molecular complexity index is 765. The minimum Gasteiger partial charge on any atom is -0.378 e. The Labute approximate surface area is 133 Å². The number of morpholine rings is 1. The summed E-state index contributed by atoms with van der Waals surface area (Å²) in [5.41, 5.74) is 0.211. The smallest absolute Gasteiger partial charge is 0.366 e. The molecule has 1 aliphatic rings. The van der Waals surface area contributed by atoms with Crippen molar-refractivity contribution >= 4 is 27.9 Å². The van der Waals surface area contributed by atoms with Gasteiger partial charge in [0.1, 0.15) is 0 Å². The second-order valence-corrected chi connectivity index (χ2v) is 5.97. The van der Waals surface area contributed by atoms with Crippen LogP contribution in [-0.2, 0) is 15.0 Å². The number of rotatable bonds is 4. The minimum absolute atomic E-state index is 0.211. The molecule has 2 heterocycles. The summed E-state index contributed by atoms with van der Waals surface area (Å²) in [6.45, 7) is 2.21. The summed E-state index contributed by atoms with van der Waals surface area (Å²) in [7, 11) is -4.60. The van der Waals surface area contributed by atoms with Crippen LogP contribution < -0.4 is 9.21 Å². The van der Waals surface area contributed by atoms with Gasteiger partial charge in [-0.2, -0.15) is 27.7 Å². The summed E-state index contributed by atoms with van der Waals surface area (Å²) in [6, 6.07) is 8.05. The highest BCUT2D eigenvalue weighted by Gasteiger charge is 2.26. The maximum atomic E-state index is 11.8. The van der Waals surface area contributed by atoms with E-state index in [0.717, 1.165) is 0 Å². The van der Waals surface area contributed by atoms with Gasteiger partial charge < -0.3 is 9.64 Å². The summed E-state index contributed by atoms with van der Waals surface area (Å²) in [6.07, 6.45) is 2.39. The second kappa shape index (κ2) is 6.44. The quantitative estimate of drug-likeness (QED) is 0.802. The molecule has 23 heavy (non-hydrogen) atoms. The molecule has 0 spiro atoms. The lowest BCUT2D eigenvalue weighted by molar-refractivity contribution is 0.122. The van der Waals surface area contributed by atoms with Crippen LogP contribution >= 0.6 is 0 Å². The average molecular weight is 336 g/mol. The fraction of sp³-hybridized carbons (Fsp3) is 0.308. The fourth-order valence-electron chi connectivity index (χ4n) is 2.16. The van der Waals surface area contributed by atoms with Crippen LogP contribution in [0.2, 0.25) is 0 Å². The third-order valence-corrected chi connectivity index (χ3v) is 4.03. The van der Waals surface area contributed by atoms with Gasteiger partial charge in [0, 0.05) is 13.1 Å². The Hall–Kier alpha value is -2.30. The Morgan fingerprint density at radius 1 is 1.17 bits per heavy atom. The molecule has 121 valence electrons. The van der Waals surface area contributed by atoms with Gasteiger partial charge in [0.2, 0.25) is 12.3 Å². The van der Waals surface area contributed by atoms with Crippen molar-refractivity contribution in [2.24, 2.45) is 0 Å². The van der Waals surface area contributed by atoms with E-state index in [2.05, 4.69) is 21.3 Å². The molecule has 1 aliphatic heterocycles. The topological polar surface area (TPSA) is 109 Å². The van der Waals surface area contributed by atoms with Crippen molar-refractivity contribution in [2.75, 3.05) is 35.5 Å². The highest BCUT2D eigenvalue weighted by molar-refractivity contribution is 7.87. The van der Waals surface area contributed by atoms with Crippen molar-refractivity contribution in [2.45, 2.75) is 0 Å². The molecule has 1 radical (unpaired) electrons. The van der Waals surface area contributed by atoms with Gasteiger partial charge in [-0.25, -0.2) is 0 Å². The lowest BCUT2D eigenvalue weighted by atomic mass is 10.3. The van der Waals surface area contributed by atoms with E-state index in [1.807, 2.05) is 4.90 Å². The molecule has 9 nitrogen and oxygen atoms in total. The molecule has 0 amide bonds. The molecule has 1 N–H and O–H groups in total. The highest BCUT2D eigenvalue weighted by Crippen LogP contribution is 2.25. The van der Waals surface area contributed by atoms with Crippen LogP contribution in [0.1, 0.15) is 0 Å². The van der Waals surface area contributed by atoms with E-state index >= 15 is 0 Å². The van der Waals surface area contributed by atoms with Crippen LogP contribution in [0.15, 0.2) is 30.3 Å². The van der Waals surface area contributed by atoms with Crippen LogP contribution in [0.4, 0.5) is 17.6 Å². The standard InChI is InChI=1S/C13H14N5O4S/c19-23(20,21)18(11-4-2-1-3-5-11)13-15-10-14-12(16-13)17-6-8-22-9-7-17/h1-5H,6-9H2,(H,19,20,21). The molecular formula is C13H14N5O4S. The fourth-order valence-corrected chi connectivity index (χ4v) is 2.84. The van der Waals surface area contributed by atoms with Crippen molar-refractivity contribution in [1.29, 1.82) is 0 Å². The first-order chi connectivity index (χ1) is 11.1. The summed E-state index contributed by atoms with van der Waals surface area (Å²) in [5, 5.41) is 0. The number of hydrogen-bond donors (Lipinski definition) is 1. The van der Waals surface area contributed by atoms with Crippen LogP contribution in [0, 0.1) is 6.33 Å². The maximum absolute atomic E-state index is 11.8. The molecule has 0 atom stereocenters. The second-order valence-electron chi connectivity index (χ2n) is 4.71. The lowest BCUT2D eigenvalue weighted by Crippen LogP contribution is -2.38. The Morgan fingerprint density at radius 2 is 1.87 bits per heavy atom. The Morgan fingerprint density at radius 3 is 2.52 bits per heavy atom. The lowest BCUT2D eigenvalue weighted by Gasteiger charge is -2.27. The number of benzene rings is 1. The van der Waals surface area contributed by atoms with Gasteiger partial charge in [-0.15, -0.1) is 0 Å². The first-order valence-corrected chi connectivity index (χ1v) is 8.23. The van der Waals surface area contributed by atoms with E-state index in [1.54, 1.807) is 18.2 Å². The molecule has 0 unspecified atom stereocenters. The number of hydrogen-bond acceptors (Lipinski definition) is 7. The van der Waals surface area contributed by atoms with Gasteiger partial charge in [-0.1, -0.05) is 18.2 Å². The van der Waals surface area contributed by atoms with Crippen molar-refractivity contribution in [3.8, 4) is 0 Å². The van der Waals surface area contributed by atoms with E-state index in [-0.39, 0.29) is 17.6 Å². The number of para-hydroxylation sites is 1. The third-order valence-electron chi connectivity index (χ3n) is 3.20. The minimum atomic E-state index is -4.60. The maximum Gasteiger partial charge on any atom is 0.366 e. The van der Waals surface area contributed by atoms with Crippen LogP contribution in [0.25, 0.3) is 0 Å². The Kier molecular flexibility index (Phi) is 4.37. The zero-order valence-electron chi connectivity index (χ0n) is 12.0. The zero-order valence-corrected chi connectivity index (χ0v) is 12.8. The molecule has 10 heteroatoms. The molecule has 3 rings (SSSR count). The van der Waals surface area contributed by atoms with E-state index < -0.39 is 10.3 Å². The number of ether oxygens (including phenoxy) is 1. The summed E-state index contributed by atoms with van der Waals surface area (Å²) in [4.78, 5) is 13.7. The van der Waals surface area contributed by atoms with Crippen LogP contribution in [-0.4, -0.2) is 54.2 Å².